The summed E-state index contributed by atoms with van der Waals surface area (Å²) in [6.07, 6.45) is -4.56. The van der Waals surface area contributed by atoms with Gasteiger partial charge < -0.3 is 11.1 Å². The highest BCUT2D eigenvalue weighted by molar-refractivity contribution is 7.92. The zero-order valence-corrected chi connectivity index (χ0v) is 10.3. The second kappa shape index (κ2) is 5.21. The number of sulfone groups is 1. The largest absolute Gasteiger partial charge is 0.405 e. The number of hydrogen-bond donors (Lipinski definition) is 2. The number of hydrogen-bond acceptors (Lipinski definition) is 4. The fourth-order valence-electron chi connectivity index (χ4n) is 1.07. The van der Waals surface area contributed by atoms with Gasteiger partial charge in [0.2, 0.25) is 5.91 Å². The summed E-state index contributed by atoms with van der Waals surface area (Å²) >= 11 is 0. The van der Waals surface area contributed by atoms with Gasteiger partial charge in [-0.15, -0.1) is 0 Å². The first-order chi connectivity index (χ1) is 7.31. The second-order valence-electron chi connectivity index (χ2n) is 4.41. The minimum Gasteiger partial charge on any atom is -0.346 e. The van der Waals surface area contributed by atoms with Crippen LogP contribution in [0.15, 0.2) is 0 Å². The molecule has 3 N–H and O–H groups in total. The summed E-state index contributed by atoms with van der Waals surface area (Å²) < 4.78 is 57.9. The third-order valence-electron chi connectivity index (χ3n) is 1.43. The number of nitrogens with one attached hydrogen (secondary N) is 1. The second-order valence-corrected chi connectivity index (χ2v) is 6.48. The van der Waals surface area contributed by atoms with E-state index in [1.54, 1.807) is 0 Å². The smallest absolute Gasteiger partial charge is 0.346 e. The van der Waals surface area contributed by atoms with Crippen molar-refractivity contribution in [1.29, 1.82) is 0 Å². The van der Waals surface area contributed by atoms with Crippen LogP contribution in [0.1, 0.15) is 13.8 Å². The van der Waals surface area contributed by atoms with Crippen LogP contribution in [0, 0.1) is 0 Å². The van der Waals surface area contributed by atoms with Crippen molar-refractivity contribution in [2.45, 2.75) is 25.6 Å². The average Bonchev–Trinajstić information content (AvgIpc) is 1.93. The molecule has 0 heterocycles. The topological polar surface area (TPSA) is 89.3 Å². The zero-order valence-electron chi connectivity index (χ0n) is 9.47. The molecule has 0 radical (unpaired) electrons. The minimum absolute atomic E-state index is 0.473. The van der Waals surface area contributed by atoms with Gasteiger partial charge in [-0.3, -0.25) is 4.79 Å². The molecule has 0 bridgehead atoms. The van der Waals surface area contributed by atoms with E-state index < -0.39 is 45.5 Å². The minimum atomic E-state index is -4.56. The Labute approximate surface area is 97.5 Å². The lowest BCUT2D eigenvalue weighted by molar-refractivity contribution is -0.137. The molecule has 0 aliphatic carbocycles. The van der Waals surface area contributed by atoms with Crippen molar-refractivity contribution >= 4 is 15.7 Å². The van der Waals surface area contributed by atoms with Gasteiger partial charge in [0.15, 0.2) is 9.84 Å². The molecule has 0 saturated carbocycles. The van der Waals surface area contributed by atoms with Crippen molar-refractivity contribution in [3.8, 4) is 0 Å². The molecule has 9 heteroatoms. The van der Waals surface area contributed by atoms with Crippen molar-refractivity contribution in [3.63, 3.8) is 0 Å². The summed E-state index contributed by atoms with van der Waals surface area (Å²) in [6.45, 7) is 1.34. The third kappa shape index (κ3) is 10.1. The summed E-state index contributed by atoms with van der Waals surface area (Å²) in [5, 5.41) is 1.48. The first-order valence-corrected chi connectivity index (χ1v) is 6.46. The molecule has 0 aromatic carbocycles. The van der Waals surface area contributed by atoms with E-state index in [1.165, 1.54) is 19.2 Å². The Balaban J connectivity index is 4.30. The summed E-state index contributed by atoms with van der Waals surface area (Å²) in [5.74, 6) is -2.66. The first-order valence-electron chi connectivity index (χ1n) is 4.63. The van der Waals surface area contributed by atoms with E-state index in [2.05, 4.69) is 0 Å². The van der Waals surface area contributed by atoms with Gasteiger partial charge in [-0.1, -0.05) is 0 Å². The summed E-state index contributed by atoms with van der Waals surface area (Å²) in [5.41, 5.74) is 4.41. The Morgan fingerprint density at radius 1 is 1.29 bits per heavy atom. The van der Waals surface area contributed by atoms with E-state index in [0.29, 0.717) is 0 Å². The summed E-state index contributed by atoms with van der Waals surface area (Å²) in [4.78, 5) is 11.0. The molecule has 0 fully saturated rings. The zero-order chi connectivity index (χ0) is 13.9. The Kier molecular flexibility index (Phi) is 4.96. The molecule has 0 spiro atoms. The lowest BCUT2D eigenvalue weighted by atomic mass is 10.1. The molecule has 0 unspecified atom stereocenters. The molecule has 0 atom stereocenters. The van der Waals surface area contributed by atoms with Crippen LogP contribution in [0.3, 0.4) is 0 Å². The van der Waals surface area contributed by atoms with Crippen molar-refractivity contribution in [1.82, 2.24) is 5.32 Å². The van der Waals surface area contributed by atoms with Crippen LogP contribution in [-0.4, -0.2) is 44.1 Å². The van der Waals surface area contributed by atoms with Gasteiger partial charge in [0.25, 0.3) is 0 Å². The fourth-order valence-corrected chi connectivity index (χ4v) is 2.80. The molecule has 102 valence electrons. The Bertz CT molecular complexity index is 370. The number of amides is 1. The third-order valence-corrected chi connectivity index (χ3v) is 3.31. The number of halogens is 3. The average molecular weight is 276 g/mol. The summed E-state index contributed by atoms with van der Waals surface area (Å²) in [7, 11) is -3.81. The number of carbonyl (C=O) groups excluding carboxylic acids is 1. The predicted molar refractivity (Wildman–Crippen MR) is 56.0 cm³/mol. The number of carbonyl (C=O) groups is 1. The van der Waals surface area contributed by atoms with Gasteiger partial charge in [-0.25, -0.2) is 8.42 Å². The van der Waals surface area contributed by atoms with Crippen LogP contribution in [0.25, 0.3) is 0 Å². The van der Waals surface area contributed by atoms with Crippen LogP contribution in [0.4, 0.5) is 13.2 Å². The van der Waals surface area contributed by atoms with Crippen LogP contribution in [0.5, 0.6) is 0 Å². The maximum absolute atomic E-state index is 11.7. The number of nitrogens with two attached hydrogens (primary N) is 1. The maximum Gasteiger partial charge on any atom is 0.405 e. The molecule has 0 aliphatic rings. The molecule has 0 aliphatic heterocycles. The van der Waals surface area contributed by atoms with Gasteiger partial charge >= 0.3 is 6.18 Å². The maximum atomic E-state index is 11.7. The molecular formula is C8H15F3N2O3S. The molecule has 5 nitrogen and oxygen atoms in total. The van der Waals surface area contributed by atoms with E-state index in [4.69, 9.17) is 5.73 Å². The van der Waals surface area contributed by atoms with Gasteiger partial charge in [0, 0.05) is 5.54 Å². The molecular weight excluding hydrogens is 261 g/mol. The first kappa shape index (κ1) is 16.2. The van der Waals surface area contributed by atoms with Gasteiger partial charge in [0.1, 0.15) is 12.3 Å². The van der Waals surface area contributed by atoms with Crippen LogP contribution in [0.2, 0.25) is 0 Å². The molecule has 17 heavy (non-hydrogen) atoms. The van der Waals surface area contributed by atoms with E-state index in [0.717, 1.165) is 0 Å². The normalized spacial score (nSPS) is 13.5. The Hall–Kier alpha value is -0.830. The molecule has 0 rings (SSSR count). The van der Waals surface area contributed by atoms with E-state index in [-0.39, 0.29) is 0 Å². The molecule has 1 amide bonds. The summed E-state index contributed by atoms with van der Waals surface area (Å²) in [6, 6.07) is 0. The number of rotatable bonds is 5. The fraction of sp³-hybridized carbons (Fsp3) is 0.875. The van der Waals surface area contributed by atoms with Crippen LogP contribution in [-0.2, 0) is 14.6 Å². The number of alkyl halides is 3. The predicted octanol–water partition coefficient (Wildman–Crippen LogP) is -0.183. The van der Waals surface area contributed by atoms with E-state index in [9.17, 15) is 26.4 Å². The quantitative estimate of drug-likeness (QED) is 0.729. The van der Waals surface area contributed by atoms with Crippen molar-refractivity contribution in [2.75, 3.05) is 18.1 Å². The lowest BCUT2D eigenvalue weighted by Gasteiger charge is -2.18. The molecule has 0 saturated heterocycles. The van der Waals surface area contributed by atoms with Gasteiger partial charge in [-0.05, 0) is 13.8 Å². The van der Waals surface area contributed by atoms with E-state index in [1.807, 2.05) is 0 Å². The molecule has 0 aromatic rings. The Morgan fingerprint density at radius 3 is 2.12 bits per heavy atom. The SMILES string of the molecule is CC(C)(N)CS(=O)(=O)CC(=O)NCC(F)(F)F. The van der Waals surface area contributed by atoms with Crippen molar-refractivity contribution < 1.29 is 26.4 Å². The standard InChI is InChI=1S/C8H15F3N2O3S/c1-7(2,12)5-17(15,16)3-6(14)13-4-8(9,10)11/h3-5,12H2,1-2H3,(H,13,14). The van der Waals surface area contributed by atoms with Crippen LogP contribution < -0.4 is 11.1 Å². The van der Waals surface area contributed by atoms with Gasteiger partial charge in [0.05, 0.1) is 5.75 Å². The van der Waals surface area contributed by atoms with Crippen molar-refractivity contribution in [3.05, 3.63) is 0 Å². The van der Waals surface area contributed by atoms with Crippen molar-refractivity contribution in [2.24, 2.45) is 5.73 Å². The highest BCUT2D eigenvalue weighted by Gasteiger charge is 2.29. The van der Waals surface area contributed by atoms with Gasteiger partial charge in [-0.2, -0.15) is 13.2 Å². The lowest BCUT2D eigenvalue weighted by Crippen LogP contribution is -2.44. The molecule has 0 aromatic heterocycles. The Morgan fingerprint density at radius 2 is 1.76 bits per heavy atom. The highest BCUT2D eigenvalue weighted by Crippen LogP contribution is 2.12. The monoisotopic (exact) mass is 276 g/mol. The van der Waals surface area contributed by atoms with E-state index >= 15 is 0 Å². The van der Waals surface area contributed by atoms with Crippen LogP contribution >= 0.6 is 0 Å². The highest BCUT2D eigenvalue weighted by atomic mass is 32.2.